The van der Waals surface area contributed by atoms with E-state index in [1.54, 1.807) is 11.3 Å². The van der Waals surface area contributed by atoms with Gasteiger partial charge in [-0.25, -0.2) is 0 Å². The predicted octanol–water partition coefficient (Wildman–Crippen LogP) is 4.99. The summed E-state index contributed by atoms with van der Waals surface area (Å²) < 4.78 is 1.48. The summed E-state index contributed by atoms with van der Waals surface area (Å²) in [6, 6.07) is 9.07. The Morgan fingerprint density at radius 2 is 1.75 bits per heavy atom. The van der Waals surface area contributed by atoms with Crippen LogP contribution in [-0.2, 0) is 0 Å². The largest absolute Gasteiger partial charge is 0.380 e. The highest BCUT2D eigenvalue weighted by molar-refractivity contribution is 7.17. The van der Waals surface area contributed by atoms with E-state index in [0.29, 0.717) is 0 Å². The zero-order chi connectivity index (χ0) is 13.7. The second-order valence-electron chi connectivity index (χ2n) is 6.39. The first-order chi connectivity index (χ1) is 9.75. The van der Waals surface area contributed by atoms with Crippen molar-refractivity contribution in [1.29, 1.82) is 0 Å². The van der Waals surface area contributed by atoms with Gasteiger partial charge < -0.3 is 4.90 Å². The Kier molecular flexibility index (Phi) is 2.88. The third-order valence-electron chi connectivity index (χ3n) is 5.05. The van der Waals surface area contributed by atoms with Gasteiger partial charge in [0.25, 0.3) is 0 Å². The van der Waals surface area contributed by atoms with Gasteiger partial charge in [0.05, 0.1) is 0 Å². The average Bonchev–Trinajstić information content (AvgIpc) is 2.95. The molecule has 1 aromatic carbocycles. The molecule has 0 spiro atoms. The van der Waals surface area contributed by atoms with Crippen LogP contribution >= 0.6 is 11.3 Å². The van der Waals surface area contributed by atoms with Gasteiger partial charge in [0, 0.05) is 24.5 Å². The maximum atomic E-state index is 2.39. The van der Waals surface area contributed by atoms with E-state index in [1.165, 1.54) is 41.3 Å². The number of fused-ring (bicyclic) bond motifs is 3. The highest BCUT2D eigenvalue weighted by Gasteiger charge is 2.37. The summed E-state index contributed by atoms with van der Waals surface area (Å²) in [6.07, 6.45) is 5.56. The van der Waals surface area contributed by atoms with Crippen LogP contribution in [0.2, 0.25) is 0 Å². The van der Waals surface area contributed by atoms with Crippen molar-refractivity contribution < 1.29 is 0 Å². The minimum atomic E-state index is 0.782. The first-order valence-corrected chi connectivity index (χ1v) is 8.51. The quantitative estimate of drug-likeness (QED) is 0.750. The lowest BCUT2D eigenvalue weighted by Gasteiger charge is -2.43. The lowest BCUT2D eigenvalue weighted by atomic mass is 9.67. The molecule has 2 aromatic rings. The summed E-state index contributed by atoms with van der Waals surface area (Å²) >= 11 is 1.90. The summed E-state index contributed by atoms with van der Waals surface area (Å²) in [5.41, 5.74) is 4.79. The van der Waals surface area contributed by atoms with Gasteiger partial charge >= 0.3 is 0 Å². The first-order valence-electron chi connectivity index (χ1n) is 7.63. The van der Waals surface area contributed by atoms with E-state index in [1.807, 2.05) is 11.3 Å². The molecule has 0 unspecified atom stereocenters. The summed E-state index contributed by atoms with van der Waals surface area (Å²) in [6.45, 7) is 0. The highest BCUT2D eigenvalue weighted by Crippen LogP contribution is 2.51. The van der Waals surface area contributed by atoms with Crippen molar-refractivity contribution in [3.63, 3.8) is 0 Å². The smallest absolute Gasteiger partial charge is 0.0418 e. The van der Waals surface area contributed by atoms with Gasteiger partial charge in [0.2, 0.25) is 0 Å². The zero-order valence-corrected chi connectivity index (χ0v) is 13.0. The van der Waals surface area contributed by atoms with E-state index < -0.39 is 0 Å². The van der Waals surface area contributed by atoms with Crippen molar-refractivity contribution in [1.82, 2.24) is 4.90 Å². The Hall–Kier alpha value is -1.28. The molecule has 5 rings (SSSR count). The first kappa shape index (κ1) is 12.5. The molecule has 1 heterocycles. The number of hydrogen-bond acceptors (Lipinski definition) is 2. The fourth-order valence-corrected chi connectivity index (χ4v) is 5.18. The maximum Gasteiger partial charge on any atom is 0.0418 e. The van der Waals surface area contributed by atoms with Crippen molar-refractivity contribution in [2.24, 2.45) is 11.8 Å². The number of rotatable bonds is 2. The Bertz CT molecular complexity index is 672. The fraction of sp³-hybridized carbons (Fsp3) is 0.444. The van der Waals surface area contributed by atoms with Crippen molar-refractivity contribution in [3.05, 3.63) is 40.9 Å². The molecular formula is C18H21NS. The third kappa shape index (κ3) is 1.74. The van der Waals surface area contributed by atoms with Crippen LogP contribution in [0.15, 0.2) is 35.3 Å². The second kappa shape index (κ2) is 4.63. The molecule has 1 nitrogen and oxygen atoms in total. The summed E-state index contributed by atoms with van der Waals surface area (Å²) in [5.74, 6) is 1.57. The van der Waals surface area contributed by atoms with Gasteiger partial charge in [-0.05, 0) is 65.5 Å². The minimum Gasteiger partial charge on any atom is -0.380 e. The fourth-order valence-electron chi connectivity index (χ4n) is 4.25. The number of nitrogens with zero attached hydrogens (tertiary/aromatic N) is 1. The van der Waals surface area contributed by atoms with Crippen molar-refractivity contribution in [2.75, 3.05) is 14.1 Å². The predicted molar refractivity (Wildman–Crippen MR) is 87.9 cm³/mol. The van der Waals surface area contributed by atoms with Crippen LogP contribution in [0, 0.1) is 11.8 Å². The lowest BCUT2D eigenvalue weighted by Crippen LogP contribution is -2.32. The van der Waals surface area contributed by atoms with Crippen LogP contribution in [0.3, 0.4) is 0 Å². The molecule has 2 bridgehead atoms. The van der Waals surface area contributed by atoms with Gasteiger partial charge in [-0.3, -0.25) is 0 Å². The molecule has 3 aliphatic carbocycles. The molecule has 0 saturated heterocycles. The Balaban J connectivity index is 1.99. The number of hydrogen-bond donors (Lipinski definition) is 0. The van der Waals surface area contributed by atoms with Gasteiger partial charge in [-0.15, -0.1) is 11.3 Å². The maximum absolute atomic E-state index is 2.39. The standard InChI is InChI=1S/C18H21NS/c1-19(2)17-13-8-6-12(7-9-13)16(17)15-5-3-4-14-10-11-20-18(14)15/h3-5,10-13H,6-9H2,1-2H3. The van der Waals surface area contributed by atoms with Gasteiger partial charge in [0.1, 0.15) is 0 Å². The normalized spacial score (nSPS) is 25.5. The van der Waals surface area contributed by atoms with Crippen LogP contribution in [0.4, 0.5) is 0 Å². The van der Waals surface area contributed by atoms with Crippen LogP contribution in [0.25, 0.3) is 15.7 Å². The van der Waals surface area contributed by atoms with Crippen molar-refractivity contribution in [2.45, 2.75) is 25.7 Å². The third-order valence-corrected chi connectivity index (χ3v) is 6.01. The SMILES string of the molecule is CN(C)C1=C(c2cccc3ccsc23)C2CCC1CC2. The molecule has 20 heavy (non-hydrogen) atoms. The van der Waals surface area contributed by atoms with Crippen molar-refractivity contribution >= 4 is 27.0 Å². The number of benzene rings is 1. The average molecular weight is 283 g/mol. The molecule has 1 fully saturated rings. The van der Waals surface area contributed by atoms with Gasteiger partial charge in [-0.1, -0.05) is 18.2 Å². The molecule has 0 amide bonds. The Labute approximate surface area is 124 Å². The van der Waals surface area contributed by atoms with Gasteiger partial charge in [-0.2, -0.15) is 0 Å². The number of allylic oxidation sites excluding steroid dienone is 2. The molecule has 104 valence electrons. The number of thiophene rings is 1. The molecular weight excluding hydrogens is 262 g/mol. The van der Waals surface area contributed by atoms with E-state index in [4.69, 9.17) is 0 Å². The second-order valence-corrected chi connectivity index (χ2v) is 7.30. The topological polar surface area (TPSA) is 3.24 Å². The molecule has 3 aliphatic rings. The highest BCUT2D eigenvalue weighted by atomic mass is 32.1. The van der Waals surface area contributed by atoms with E-state index in [0.717, 1.165) is 11.8 Å². The van der Waals surface area contributed by atoms with E-state index in [9.17, 15) is 0 Å². The van der Waals surface area contributed by atoms with Crippen molar-refractivity contribution in [3.8, 4) is 0 Å². The molecule has 0 N–H and O–H groups in total. The van der Waals surface area contributed by atoms with E-state index >= 15 is 0 Å². The zero-order valence-electron chi connectivity index (χ0n) is 12.2. The summed E-state index contributed by atoms with van der Waals surface area (Å²) in [4.78, 5) is 2.39. The van der Waals surface area contributed by atoms with Crippen LogP contribution in [-0.4, -0.2) is 19.0 Å². The van der Waals surface area contributed by atoms with Crippen LogP contribution in [0.1, 0.15) is 31.2 Å². The molecule has 0 atom stereocenters. The Morgan fingerprint density at radius 3 is 2.50 bits per heavy atom. The molecule has 2 heteroatoms. The monoisotopic (exact) mass is 283 g/mol. The van der Waals surface area contributed by atoms with E-state index in [2.05, 4.69) is 48.6 Å². The molecule has 1 aromatic heterocycles. The summed E-state index contributed by atoms with van der Waals surface area (Å²) in [5, 5.41) is 3.63. The molecule has 0 aliphatic heterocycles. The van der Waals surface area contributed by atoms with Crippen LogP contribution in [0.5, 0.6) is 0 Å². The van der Waals surface area contributed by atoms with E-state index in [-0.39, 0.29) is 0 Å². The Morgan fingerprint density at radius 1 is 1.00 bits per heavy atom. The minimum absolute atomic E-state index is 0.782. The molecule has 1 saturated carbocycles. The van der Waals surface area contributed by atoms with Gasteiger partial charge in [0.15, 0.2) is 0 Å². The van der Waals surface area contributed by atoms with Crippen LogP contribution < -0.4 is 0 Å². The molecule has 0 radical (unpaired) electrons. The summed E-state index contributed by atoms with van der Waals surface area (Å²) in [7, 11) is 4.45. The lowest BCUT2D eigenvalue weighted by molar-refractivity contribution is 0.270.